The number of benzene rings is 2. The summed E-state index contributed by atoms with van der Waals surface area (Å²) in [6, 6.07) is 10.6. The van der Waals surface area contributed by atoms with E-state index < -0.39 is 0 Å². The van der Waals surface area contributed by atoms with Crippen LogP contribution in [0.5, 0.6) is 11.5 Å². The number of anilines is 1. The Balaban J connectivity index is 1.66. The summed E-state index contributed by atoms with van der Waals surface area (Å²) in [4.78, 5) is 24.2. The molecule has 2 aromatic rings. The second-order valence-corrected chi connectivity index (χ2v) is 6.45. The maximum atomic E-state index is 12.3. The number of hydrogen-bond donors (Lipinski definition) is 2. The lowest BCUT2D eigenvalue weighted by Crippen LogP contribution is -2.30. The first-order valence-electron chi connectivity index (χ1n) is 8.17. The molecule has 0 radical (unpaired) electrons. The summed E-state index contributed by atoms with van der Waals surface area (Å²) in [7, 11) is 0. The van der Waals surface area contributed by atoms with E-state index in [9.17, 15) is 9.59 Å². The number of rotatable bonds is 6. The lowest BCUT2D eigenvalue weighted by molar-refractivity contribution is -0.115. The minimum atomic E-state index is -0.264. The van der Waals surface area contributed by atoms with Gasteiger partial charge in [-0.05, 0) is 37.6 Å². The van der Waals surface area contributed by atoms with Gasteiger partial charge in [0.15, 0.2) is 17.3 Å². The van der Waals surface area contributed by atoms with Gasteiger partial charge in [-0.25, -0.2) is 0 Å². The molecule has 2 aromatic carbocycles. The summed E-state index contributed by atoms with van der Waals surface area (Å²) in [6.45, 7) is 3.56. The standard InChI is InChI=1S/C19H19ClN2O4/c1-11(13-4-3-5-14(20)6-13)21-9-19(24)22-16-8-18-17(25-10-26-18)7-15(16)12(2)23/h3-8,11,21H,9-10H2,1-2H3,(H,22,24)/t11-/m0/s1. The van der Waals surface area contributed by atoms with Gasteiger partial charge >= 0.3 is 0 Å². The molecule has 2 N–H and O–H groups in total. The van der Waals surface area contributed by atoms with Crippen molar-refractivity contribution in [2.45, 2.75) is 19.9 Å². The molecule has 0 spiro atoms. The molecular formula is C19H19ClN2O4. The van der Waals surface area contributed by atoms with Gasteiger partial charge in [0, 0.05) is 22.7 Å². The Labute approximate surface area is 156 Å². The molecule has 1 heterocycles. The molecule has 0 bridgehead atoms. The fraction of sp³-hybridized carbons (Fsp3) is 0.263. The highest BCUT2D eigenvalue weighted by molar-refractivity contribution is 6.30. The summed E-state index contributed by atoms with van der Waals surface area (Å²) >= 11 is 5.99. The fourth-order valence-electron chi connectivity index (χ4n) is 2.67. The van der Waals surface area contributed by atoms with Crippen LogP contribution in [0.1, 0.15) is 35.8 Å². The molecular weight excluding hydrogens is 356 g/mol. The Hall–Kier alpha value is -2.57. The van der Waals surface area contributed by atoms with E-state index in [4.69, 9.17) is 21.1 Å². The molecule has 26 heavy (non-hydrogen) atoms. The molecule has 0 saturated carbocycles. The highest BCUT2D eigenvalue weighted by atomic mass is 35.5. The third kappa shape index (κ3) is 4.15. The maximum Gasteiger partial charge on any atom is 0.238 e. The van der Waals surface area contributed by atoms with Crippen molar-refractivity contribution in [2.24, 2.45) is 0 Å². The zero-order chi connectivity index (χ0) is 18.7. The normalized spacial score (nSPS) is 13.3. The molecule has 1 amide bonds. The van der Waals surface area contributed by atoms with Gasteiger partial charge in [0.25, 0.3) is 0 Å². The number of carbonyl (C=O) groups is 2. The van der Waals surface area contributed by atoms with Crippen LogP contribution >= 0.6 is 11.6 Å². The third-order valence-electron chi connectivity index (χ3n) is 4.08. The summed E-state index contributed by atoms with van der Waals surface area (Å²) in [5.41, 5.74) is 1.77. The van der Waals surface area contributed by atoms with E-state index in [-0.39, 0.29) is 31.1 Å². The van der Waals surface area contributed by atoms with Gasteiger partial charge in [-0.15, -0.1) is 0 Å². The van der Waals surface area contributed by atoms with Crippen molar-refractivity contribution < 1.29 is 19.1 Å². The van der Waals surface area contributed by atoms with Crippen LogP contribution in [-0.4, -0.2) is 25.0 Å². The second-order valence-electron chi connectivity index (χ2n) is 6.01. The molecule has 1 aliphatic rings. The zero-order valence-corrected chi connectivity index (χ0v) is 15.2. The van der Waals surface area contributed by atoms with Crippen molar-refractivity contribution in [3.05, 3.63) is 52.5 Å². The first kappa shape index (κ1) is 18.2. The minimum absolute atomic E-state index is 0.0523. The zero-order valence-electron chi connectivity index (χ0n) is 14.5. The molecule has 6 nitrogen and oxygen atoms in total. The topological polar surface area (TPSA) is 76.7 Å². The summed E-state index contributed by atoms with van der Waals surface area (Å²) < 4.78 is 10.6. The number of amides is 1. The molecule has 0 aromatic heterocycles. The summed E-state index contributed by atoms with van der Waals surface area (Å²) in [6.07, 6.45) is 0. The average molecular weight is 375 g/mol. The van der Waals surface area contributed by atoms with Crippen molar-refractivity contribution in [1.82, 2.24) is 5.32 Å². The van der Waals surface area contributed by atoms with Gasteiger partial charge in [0.05, 0.1) is 12.2 Å². The van der Waals surface area contributed by atoms with Crippen molar-refractivity contribution in [3.8, 4) is 11.5 Å². The van der Waals surface area contributed by atoms with Crippen molar-refractivity contribution in [3.63, 3.8) is 0 Å². The Morgan fingerprint density at radius 1 is 1.19 bits per heavy atom. The van der Waals surface area contributed by atoms with Crippen LogP contribution in [0, 0.1) is 0 Å². The summed E-state index contributed by atoms with van der Waals surface area (Å²) in [5, 5.41) is 6.54. The Kier molecular flexibility index (Phi) is 5.44. The van der Waals surface area contributed by atoms with E-state index in [1.807, 2.05) is 25.1 Å². The molecule has 1 aliphatic heterocycles. The van der Waals surface area contributed by atoms with Gasteiger partial charge in [-0.2, -0.15) is 0 Å². The number of fused-ring (bicyclic) bond motifs is 1. The number of nitrogens with one attached hydrogen (secondary N) is 2. The van der Waals surface area contributed by atoms with Gasteiger partial charge < -0.3 is 20.1 Å². The maximum absolute atomic E-state index is 12.3. The number of carbonyl (C=O) groups excluding carboxylic acids is 2. The number of Topliss-reactive ketones (excluding diaryl/α,β-unsaturated/α-hetero) is 1. The molecule has 136 valence electrons. The van der Waals surface area contributed by atoms with Crippen LogP contribution in [0.15, 0.2) is 36.4 Å². The van der Waals surface area contributed by atoms with E-state index in [1.165, 1.54) is 6.92 Å². The molecule has 0 unspecified atom stereocenters. The Bertz CT molecular complexity index is 853. The van der Waals surface area contributed by atoms with E-state index in [0.717, 1.165) is 5.56 Å². The lowest BCUT2D eigenvalue weighted by atomic mass is 10.1. The highest BCUT2D eigenvalue weighted by Gasteiger charge is 2.20. The molecule has 3 rings (SSSR count). The number of ether oxygens (including phenoxy) is 2. The third-order valence-corrected chi connectivity index (χ3v) is 4.32. The fourth-order valence-corrected chi connectivity index (χ4v) is 2.87. The molecule has 0 saturated heterocycles. The SMILES string of the molecule is CC(=O)c1cc2c(cc1NC(=O)CN[C@@H](C)c1cccc(Cl)c1)OCO2. The predicted molar refractivity (Wildman–Crippen MR) is 99.1 cm³/mol. The van der Waals surface area contributed by atoms with E-state index in [0.29, 0.717) is 27.8 Å². The highest BCUT2D eigenvalue weighted by Crippen LogP contribution is 2.37. The van der Waals surface area contributed by atoms with E-state index in [2.05, 4.69) is 10.6 Å². The molecule has 1 atom stereocenters. The van der Waals surface area contributed by atoms with Crippen LogP contribution in [0.3, 0.4) is 0 Å². The average Bonchev–Trinajstić information content (AvgIpc) is 3.06. The van der Waals surface area contributed by atoms with Crippen molar-refractivity contribution in [1.29, 1.82) is 0 Å². The number of halogens is 1. The van der Waals surface area contributed by atoms with Gasteiger partial charge in [0.1, 0.15) is 0 Å². The predicted octanol–water partition coefficient (Wildman–Crippen LogP) is 3.56. The van der Waals surface area contributed by atoms with Gasteiger partial charge in [0.2, 0.25) is 12.7 Å². The van der Waals surface area contributed by atoms with E-state index >= 15 is 0 Å². The van der Waals surface area contributed by atoms with Crippen LogP contribution in [0.25, 0.3) is 0 Å². The van der Waals surface area contributed by atoms with Gasteiger partial charge in [-0.3, -0.25) is 9.59 Å². The van der Waals surface area contributed by atoms with E-state index in [1.54, 1.807) is 18.2 Å². The Morgan fingerprint density at radius 3 is 2.62 bits per heavy atom. The van der Waals surface area contributed by atoms with Crippen LogP contribution in [0.4, 0.5) is 5.69 Å². The first-order valence-corrected chi connectivity index (χ1v) is 8.55. The molecule has 0 fully saturated rings. The van der Waals surface area contributed by atoms with Crippen molar-refractivity contribution in [2.75, 3.05) is 18.7 Å². The largest absolute Gasteiger partial charge is 0.454 e. The van der Waals surface area contributed by atoms with Gasteiger partial charge in [-0.1, -0.05) is 23.7 Å². The second kappa shape index (κ2) is 7.76. The monoisotopic (exact) mass is 374 g/mol. The minimum Gasteiger partial charge on any atom is -0.454 e. The molecule has 7 heteroatoms. The van der Waals surface area contributed by atoms with Crippen LogP contribution in [-0.2, 0) is 4.79 Å². The smallest absolute Gasteiger partial charge is 0.238 e. The van der Waals surface area contributed by atoms with Crippen LogP contribution in [0.2, 0.25) is 5.02 Å². The molecule has 0 aliphatic carbocycles. The van der Waals surface area contributed by atoms with Crippen LogP contribution < -0.4 is 20.1 Å². The Morgan fingerprint density at radius 2 is 1.92 bits per heavy atom. The van der Waals surface area contributed by atoms with Crippen molar-refractivity contribution >= 4 is 29.0 Å². The number of ketones is 1. The first-order chi connectivity index (χ1) is 12.4. The summed E-state index contributed by atoms with van der Waals surface area (Å²) in [5.74, 6) is 0.575. The lowest BCUT2D eigenvalue weighted by Gasteiger charge is -2.15. The number of hydrogen-bond acceptors (Lipinski definition) is 5. The quantitative estimate of drug-likeness (QED) is 0.756.